The predicted octanol–water partition coefficient (Wildman–Crippen LogP) is 2.98. The minimum Gasteiger partial charge on any atom is -0.508 e. The second kappa shape index (κ2) is 4.10. The first-order valence-electron chi connectivity index (χ1n) is 4.69. The lowest BCUT2D eigenvalue weighted by Gasteiger charge is -2.07. The van der Waals surface area contributed by atoms with Gasteiger partial charge in [-0.3, -0.25) is 0 Å². The Morgan fingerprint density at radius 1 is 0.812 bits per heavy atom. The summed E-state index contributed by atoms with van der Waals surface area (Å²) in [5.41, 5.74) is 1.20. The molecule has 3 N–H and O–H groups in total. The lowest BCUT2D eigenvalue weighted by Crippen LogP contribution is -1.89. The van der Waals surface area contributed by atoms with E-state index in [9.17, 15) is 14.6 Å². The number of hydrogen-bond acceptors (Lipinski definition) is 3. The number of phenols is 2. The van der Waals surface area contributed by atoms with E-state index in [4.69, 9.17) is 0 Å². The van der Waals surface area contributed by atoms with Gasteiger partial charge in [-0.1, -0.05) is 0 Å². The van der Waals surface area contributed by atoms with E-state index in [0.717, 1.165) is 0 Å². The molecule has 3 nitrogen and oxygen atoms in total. The van der Waals surface area contributed by atoms with Crippen molar-refractivity contribution >= 4 is 11.4 Å². The number of hydrogen-bond donors (Lipinski definition) is 3. The Bertz CT molecular complexity index is 477. The molecule has 0 aliphatic rings. The Morgan fingerprint density at radius 3 is 1.94 bits per heavy atom. The van der Waals surface area contributed by atoms with Gasteiger partial charge < -0.3 is 15.5 Å². The third-order valence-electron chi connectivity index (χ3n) is 2.04. The molecule has 2 aromatic carbocycles. The van der Waals surface area contributed by atoms with Crippen LogP contribution in [0.15, 0.2) is 42.5 Å². The summed E-state index contributed by atoms with van der Waals surface area (Å²) in [5.74, 6) is -0.390. The van der Waals surface area contributed by atoms with E-state index in [0.29, 0.717) is 11.4 Å². The van der Waals surface area contributed by atoms with Gasteiger partial charge in [0.25, 0.3) is 0 Å². The summed E-state index contributed by atoms with van der Waals surface area (Å²) in [4.78, 5) is 0. The van der Waals surface area contributed by atoms with Crippen LogP contribution in [0.1, 0.15) is 0 Å². The van der Waals surface area contributed by atoms with E-state index in [2.05, 4.69) is 5.32 Å². The molecule has 0 aliphatic heterocycles. The van der Waals surface area contributed by atoms with E-state index in [1.807, 2.05) is 0 Å². The maximum atomic E-state index is 12.6. The summed E-state index contributed by atoms with van der Waals surface area (Å²) < 4.78 is 12.6. The summed E-state index contributed by atoms with van der Waals surface area (Å²) in [6, 6.07) is 9.94. The van der Waals surface area contributed by atoms with Crippen LogP contribution in [0.2, 0.25) is 0 Å². The van der Waals surface area contributed by atoms with Crippen LogP contribution in [0, 0.1) is 5.82 Å². The average Bonchev–Trinajstić information content (AvgIpc) is 2.20. The van der Waals surface area contributed by atoms with Gasteiger partial charge in [-0.2, -0.15) is 0 Å². The normalized spacial score (nSPS) is 10.1. The molecular formula is C12H10FNO2. The monoisotopic (exact) mass is 219 g/mol. The number of phenolic OH excluding ortho intramolecular Hbond substituents is 2. The Balaban J connectivity index is 2.23. The summed E-state index contributed by atoms with van der Waals surface area (Å²) in [6.07, 6.45) is 0. The van der Waals surface area contributed by atoms with Gasteiger partial charge in [0.2, 0.25) is 0 Å². The largest absolute Gasteiger partial charge is 0.508 e. The van der Waals surface area contributed by atoms with Crippen molar-refractivity contribution in [1.29, 1.82) is 0 Å². The maximum Gasteiger partial charge on any atom is 0.123 e. The van der Waals surface area contributed by atoms with Crippen molar-refractivity contribution in [2.24, 2.45) is 0 Å². The fourth-order valence-electron chi connectivity index (χ4n) is 1.37. The van der Waals surface area contributed by atoms with Crippen molar-refractivity contribution in [2.75, 3.05) is 5.32 Å². The fraction of sp³-hybridized carbons (Fsp3) is 0. The van der Waals surface area contributed by atoms with Crippen LogP contribution < -0.4 is 5.32 Å². The fourth-order valence-corrected chi connectivity index (χ4v) is 1.37. The molecule has 0 aliphatic carbocycles. The van der Waals surface area contributed by atoms with Gasteiger partial charge in [0.05, 0.1) is 0 Å². The van der Waals surface area contributed by atoms with Gasteiger partial charge in [-0.05, 0) is 24.3 Å². The second-order valence-corrected chi connectivity index (χ2v) is 3.37. The van der Waals surface area contributed by atoms with Crippen molar-refractivity contribution in [1.82, 2.24) is 0 Å². The molecular weight excluding hydrogens is 209 g/mol. The molecule has 0 unspecified atom stereocenters. The third kappa shape index (κ3) is 2.42. The highest BCUT2D eigenvalue weighted by molar-refractivity contribution is 5.62. The minimum atomic E-state index is -0.315. The molecule has 2 rings (SSSR count). The van der Waals surface area contributed by atoms with Gasteiger partial charge >= 0.3 is 0 Å². The second-order valence-electron chi connectivity index (χ2n) is 3.37. The SMILES string of the molecule is Oc1cc(O)cc(Nc2ccc(F)cc2)c1. The number of benzene rings is 2. The molecule has 0 radical (unpaired) electrons. The zero-order valence-electron chi connectivity index (χ0n) is 8.31. The molecule has 0 aromatic heterocycles. The maximum absolute atomic E-state index is 12.6. The van der Waals surface area contributed by atoms with Crippen LogP contribution in [0.4, 0.5) is 15.8 Å². The standard InChI is InChI=1S/C12H10FNO2/c13-8-1-3-9(4-2-8)14-10-5-11(15)7-12(16)6-10/h1-7,14-16H. The van der Waals surface area contributed by atoms with Gasteiger partial charge in [-0.25, -0.2) is 4.39 Å². The van der Waals surface area contributed by atoms with Crippen LogP contribution in [0.3, 0.4) is 0 Å². The van der Waals surface area contributed by atoms with Gasteiger partial charge in [0.15, 0.2) is 0 Å². The number of nitrogens with one attached hydrogen (secondary N) is 1. The number of rotatable bonds is 2. The highest BCUT2D eigenvalue weighted by atomic mass is 19.1. The molecule has 0 heterocycles. The van der Waals surface area contributed by atoms with Gasteiger partial charge in [0, 0.05) is 29.6 Å². The summed E-state index contributed by atoms with van der Waals surface area (Å²) in [5, 5.41) is 21.4. The van der Waals surface area contributed by atoms with Crippen LogP contribution in [-0.2, 0) is 0 Å². The molecule has 0 bridgehead atoms. The lowest BCUT2D eigenvalue weighted by atomic mass is 10.2. The van der Waals surface area contributed by atoms with Crippen molar-refractivity contribution in [3.63, 3.8) is 0 Å². The highest BCUT2D eigenvalue weighted by Gasteiger charge is 1.99. The molecule has 0 amide bonds. The van der Waals surface area contributed by atoms with Crippen molar-refractivity contribution in [2.45, 2.75) is 0 Å². The zero-order valence-corrected chi connectivity index (χ0v) is 8.31. The number of aromatic hydroxyl groups is 2. The van der Waals surface area contributed by atoms with Gasteiger partial charge in [0.1, 0.15) is 17.3 Å². The van der Waals surface area contributed by atoms with Crippen LogP contribution in [0.5, 0.6) is 11.5 Å². The molecule has 0 fully saturated rings. The Morgan fingerprint density at radius 2 is 1.38 bits per heavy atom. The van der Waals surface area contributed by atoms with E-state index >= 15 is 0 Å². The summed E-state index contributed by atoms with van der Waals surface area (Å²) in [6.45, 7) is 0. The van der Waals surface area contributed by atoms with Crippen molar-refractivity contribution in [3.8, 4) is 11.5 Å². The third-order valence-corrected chi connectivity index (χ3v) is 2.04. The predicted molar refractivity (Wildman–Crippen MR) is 59.5 cm³/mol. The molecule has 0 spiro atoms. The quantitative estimate of drug-likeness (QED) is 0.727. The molecule has 4 heteroatoms. The summed E-state index contributed by atoms with van der Waals surface area (Å²) in [7, 11) is 0. The van der Waals surface area contributed by atoms with E-state index in [1.54, 1.807) is 12.1 Å². The molecule has 82 valence electrons. The van der Waals surface area contributed by atoms with E-state index in [-0.39, 0.29) is 17.3 Å². The minimum absolute atomic E-state index is 0.0374. The highest BCUT2D eigenvalue weighted by Crippen LogP contribution is 2.26. The first-order chi connectivity index (χ1) is 7.63. The smallest absolute Gasteiger partial charge is 0.123 e. The summed E-state index contributed by atoms with van der Waals surface area (Å²) >= 11 is 0. The topological polar surface area (TPSA) is 52.5 Å². The van der Waals surface area contributed by atoms with Crippen molar-refractivity contribution in [3.05, 3.63) is 48.3 Å². The molecule has 0 saturated carbocycles. The number of anilines is 2. The first-order valence-corrected chi connectivity index (χ1v) is 4.69. The Labute approximate surface area is 91.8 Å². The lowest BCUT2D eigenvalue weighted by molar-refractivity contribution is 0.451. The molecule has 16 heavy (non-hydrogen) atoms. The Kier molecular flexibility index (Phi) is 2.64. The van der Waals surface area contributed by atoms with E-state index < -0.39 is 0 Å². The van der Waals surface area contributed by atoms with E-state index in [1.165, 1.54) is 30.3 Å². The van der Waals surface area contributed by atoms with Crippen LogP contribution >= 0.6 is 0 Å². The molecule has 2 aromatic rings. The van der Waals surface area contributed by atoms with Crippen LogP contribution in [-0.4, -0.2) is 10.2 Å². The average molecular weight is 219 g/mol. The molecule has 0 saturated heterocycles. The first kappa shape index (κ1) is 10.3. The van der Waals surface area contributed by atoms with Gasteiger partial charge in [-0.15, -0.1) is 0 Å². The zero-order chi connectivity index (χ0) is 11.5. The Hall–Kier alpha value is -2.23. The van der Waals surface area contributed by atoms with Crippen LogP contribution in [0.25, 0.3) is 0 Å². The number of halogens is 1. The molecule has 0 atom stereocenters. The van der Waals surface area contributed by atoms with Crippen molar-refractivity contribution < 1.29 is 14.6 Å².